The molecule has 3 aromatic rings. The molecule has 0 spiro atoms. The molecule has 1 N–H and O–H groups in total. The first-order valence-electron chi connectivity index (χ1n) is 6.06. The Morgan fingerprint density at radius 1 is 1.11 bits per heavy atom. The minimum atomic E-state index is -0.0176. The Hall–Kier alpha value is -2.62. The van der Waals surface area contributed by atoms with Crippen LogP contribution in [0, 0.1) is 0 Å². The number of hydrogen-bond donors (Lipinski definition) is 1. The molecule has 1 aromatic carbocycles. The summed E-state index contributed by atoms with van der Waals surface area (Å²) in [5, 5.41) is 0. The van der Waals surface area contributed by atoms with Gasteiger partial charge in [0.1, 0.15) is 0 Å². The molecular formula is C15H13N3O. The van der Waals surface area contributed by atoms with Crippen molar-refractivity contribution in [2.45, 2.75) is 6.54 Å². The van der Waals surface area contributed by atoms with Crippen LogP contribution in [0.15, 0.2) is 66.0 Å². The van der Waals surface area contributed by atoms with Gasteiger partial charge in [0.2, 0.25) is 0 Å². The molecule has 0 radical (unpaired) electrons. The van der Waals surface area contributed by atoms with E-state index >= 15 is 0 Å². The van der Waals surface area contributed by atoms with E-state index in [4.69, 9.17) is 0 Å². The number of nitrogens with zero attached hydrogens (tertiary/aromatic N) is 2. The third-order valence-corrected chi connectivity index (χ3v) is 3.00. The quantitative estimate of drug-likeness (QED) is 0.776. The van der Waals surface area contributed by atoms with Gasteiger partial charge >= 0.3 is 0 Å². The first-order chi connectivity index (χ1) is 9.33. The lowest BCUT2D eigenvalue weighted by Gasteiger charge is -2.06. The fourth-order valence-electron chi connectivity index (χ4n) is 2.00. The van der Waals surface area contributed by atoms with E-state index in [0.29, 0.717) is 6.54 Å². The molecule has 0 aliphatic carbocycles. The number of rotatable bonds is 3. The average molecular weight is 251 g/mol. The molecule has 19 heavy (non-hydrogen) atoms. The Labute approximate surface area is 110 Å². The van der Waals surface area contributed by atoms with Crippen molar-refractivity contribution in [3.05, 3.63) is 77.2 Å². The largest absolute Gasteiger partial charge is 0.347 e. The first-order valence-corrected chi connectivity index (χ1v) is 6.06. The molecule has 0 aliphatic rings. The Morgan fingerprint density at radius 2 is 1.95 bits per heavy atom. The molecule has 0 bridgehead atoms. The summed E-state index contributed by atoms with van der Waals surface area (Å²) in [6.07, 6.45) is 5.14. The fraction of sp³-hybridized carbons (Fsp3) is 0.0667. The summed E-state index contributed by atoms with van der Waals surface area (Å²) in [4.78, 5) is 19.0. The zero-order valence-electron chi connectivity index (χ0n) is 10.3. The molecule has 0 amide bonds. The minimum absolute atomic E-state index is 0.0176. The Bertz CT molecular complexity index is 715. The third-order valence-electron chi connectivity index (χ3n) is 3.00. The van der Waals surface area contributed by atoms with Crippen molar-refractivity contribution in [3.63, 3.8) is 0 Å². The van der Waals surface area contributed by atoms with Crippen LogP contribution in [0.3, 0.4) is 0 Å². The molecule has 2 heterocycles. The average Bonchev–Trinajstić information content (AvgIpc) is 2.95. The molecule has 4 heteroatoms. The van der Waals surface area contributed by atoms with Gasteiger partial charge < -0.3 is 9.55 Å². The molecule has 0 atom stereocenters. The van der Waals surface area contributed by atoms with Gasteiger partial charge in [0.05, 0.1) is 18.6 Å². The number of hydrogen-bond acceptors (Lipinski definition) is 2. The summed E-state index contributed by atoms with van der Waals surface area (Å²) in [6, 6.07) is 13.5. The molecule has 0 aliphatic heterocycles. The molecule has 0 saturated heterocycles. The molecule has 2 aromatic heterocycles. The van der Waals surface area contributed by atoms with Gasteiger partial charge in [-0.2, -0.15) is 0 Å². The van der Waals surface area contributed by atoms with Gasteiger partial charge in [-0.25, -0.2) is 4.98 Å². The maximum atomic E-state index is 12.1. The van der Waals surface area contributed by atoms with Gasteiger partial charge in [-0.15, -0.1) is 0 Å². The van der Waals surface area contributed by atoms with Crippen molar-refractivity contribution in [2.24, 2.45) is 0 Å². The second-order valence-corrected chi connectivity index (χ2v) is 4.32. The van der Waals surface area contributed by atoms with Gasteiger partial charge in [0, 0.05) is 18.5 Å². The number of H-pyrrole nitrogens is 1. The zero-order valence-corrected chi connectivity index (χ0v) is 10.3. The van der Waals surface area contributed by atoms with Crippen LogP contribution in [-0.2, 0) is 6.54 Å². The fourth-order valence-corrected chi connectivity index (χ4v) is 2.00. The summed E-state index contributed by atoms with van der Waals surface area (Å²) >= 11 is 0. The second kappa shape index (κ2) is 4.94. The van der Waals surface area contributed by atoms with Crippen molar-refractivity contribution in [1.29, 1.82) is 0 Å². The highest BCUT2D eigenvalue weighted by Crippen LogP contribution is 2.16. The van der Waals surface area contributed by atoms with Crippen LogP contribution in [0.5, 0.6) is 0 Å². The number of benzene rings is 1. The maximum Gasteiger partial charge on any atom is 0.251 e. The van der Waals surface area contributed by atoms with Gasteiger partial charge in [0.25, 0.3) is 5.56 Å². The number of nitrogens with one attached hydrogen (secondary N) is 1. The molecule has 4 nitrogen and oxygen atoms in total. The lowest BCUT2D eigenvalue weighted by molar-refractivity contribution is 0.744. The van der Waals surface area contributed by atoms with E-state index in [2.05, 4.69) is 9.97 Å². The smallest absolute Gasteiger partial charge is 0.251 e. The zero-order chi connectivity index (χ0) is 13.1. The summed E-state index contributed by atoms with van der Waals surface area (Å²) < 4.78 is 1.65. The Kier molecular flexibility index (Phi) is 2.98. The Balaban J connectivity index is 1.92. The second-order valence-electron chi connectivity index (χ2n) is 4.32. The van der Waals surface area contributed by atoms with Crippen LogP contribution in [0.1, 0.15) is 5.69 Å². The SMILES string of the molecule is O=c1cc(-c2ccccc2)ccn1Cc1cnc[nH]1. The number of pyridine rings is 1. The molecular weight excluding hydrogens is 238 g/mol. The van der Waals surface area contributed by atoms with E-state index < -0.39 is 0 Å². The normalized spacial score (nSPS) is 10.5. The van der Waals surface area contributed by atoms with E-state index in [9.17, 15) is 4.79 Å². The molecule has 0 saturated carbocycles. The minimum Gasteiger partial charge on any atom is -0.347 e. The van der Waals surface area contributed by atoms with Gasteiger partial charge in [-0.3, -0.25) is 4.79 Å². The topological polar surface area (TPSA) is 50.7 Å². The van der Waals surface area contributed by atoms with E-state index in [0.717, 1.165) is 16.8 Å². The predicted molar refractivity (Wildman–Crippen MR) is 73.8 cm³/mol. The summed E-state index contributed by atoms with van der Waals surface area (Å²) in [7, 11) is 0. The molecule has 0 fully saturated rings. The highest BCUT2D eigenvalue weighted by Gasteiger charge is 2.02. The number of aromatic nitrogens is 3. The van der Waals surface area contributed by atoms with Crippen LogP contribution in [0.25, 0.3) is 11.1 Å². The van der Waals surface area contributed by atoms with Crippen LogP contribution in [-0.4, -0.2) is 14.5 Å². The predicted octanol–water partition coefficient (Wildman–Crippen LogP) is 2.29. The molecule has 3 rings (SSSR count). The first kappa shape index (κ1) is 11.5. The van der Waals surface area contributed by atoms with Crippen molar-refractivity contribution >= 4 is 0 Å². The van der Waals surface area contributed by atoms with E-state index in [-0.39, 0.29) is 5.56 Å². The van der Waals surface area contributed by atoms with Crippen LogP contribution >= 0.6 is 0 Å². The summed E-state index contributed by atoms with van der Waals surface area (Å²) in [5.74, 6) is 0. The van der Waals surface area contributed by atoms with Crippen molar-refractivity contribution in [1.82, 2.24) is 14.5 Å². The standard InChI is InChI=1S/C15H13N3O/c19-15-8-13(12-4-2-1-3-5-12)6-7-18(15)10-14-9-16-11-17-14/h1-9,11H,10H2,(H,16,17). The summed E-state index contributed by atoms with van der Waals surface area (Å²) in [5.41, 5.74) is 2.88. The van der Waals surface area contributed by atoms with E-state index in [1.165, 1.54) is 0 Å². The summed E-state index contributed by atoms with van der Waals surface area (Å²) in [6.45, 7) is 0.508. The molecule has 0 unspecified atom stereocenters. The van der Waals surface area contributed by atoms with E-state index in [1.807, 2.05) is 42.6 Å². The van der Waals surface area contributed by atoms with Crippen LogP contribution in [0.4, 0.5) is 0 Å². The monoisotopic (exact) mass is 251 g/mol. The van der Waals surface area contributed by atoms with E-state index in [1.54, 1.807) is 23.2 Å². The highest BCUT2D eigenvalue weighted by molar-refractivity contribution is 5.62. The van der Waals surface area contributed by atoms with Crippen LogP contribution < -0.4 is 5.56 Å². The van der Waals surface area contributed by atoms with Gasteiger partial charge in [0.15, 0.2) is 0 Å². The van der Waals surface area contributed by atoms with Crippen molar-refractivity contribution < 1.29 is 0 Å². The highest BCUT2D eigenvalue weighted by atomic mass is 16.1. The number of imidazole rings is 1. The third kappa shape index (κ3) is 2.47. The number of aromatic amines is 1. The maximum absolute atomic E-state index is 12.1. The van der Waals surface area contributed by atoms with Gasteiger partial charge in [-0.05, 0) is 17.2 Å². The lowest BCUT2D eigenvalue weighted by Crippen LogP contribution is -2.19. The van der Waals surface area contributed by atoms with Gasteiger partial charge in [-0.1, -0.05) is 30.3 Å². The van der Waals surface area contributed by atoms with Crippen molar-refractivity contribution in [3.8, 4) is 11.1 Å². The Morgan fingerprint density at radius 3 is 2.63 bits per heavy atom. The lowest BCUT2D eigenvalue weighted by atomic mass is 10.1. The van der Waals surface area contributed by atoms with Crippen molar-refractivity contribution in [2.75, 3.05) is 0 Å². The molecule has 94 valence electrons. The van der Waals surface area contributed by atoms with Crippen LogP contribution in [0.2, 0.25) is 0 Å².